The molecule has 0 spiro atoms. The van der Waals surface area contributed by atoms with Gasteiger partial charge in [0.05, 0.1) is 19.9 Å². The molecule has 7 heteroatoms. The molecule has 0 aliphatic heterocycles. The molecule has 2 rings (SSSR count). The van der Waals surface area contributed by atoms with E-state index in [2.05, 4.69) is 21.2 Å². The second kappa shape index (κ2) is 9.82. The van der Waals surface area contributed by atoms with Crippen molar-refractivity contribution in [3.8, 4) is 11.5 Å². The van der Waals surface area contributed by atoms with Gasteiger partial charge in [0, 0.05) is 17.0 Å². The van der Waals surface area contributed by atoms with Crippen LogP contribution in [0.3, 0.4) is 0 Å². The zero-order valence-corrected chi connectivity index (χ0v) is 16.2. The first kappa shape index (κ1) is 19.8. The van der Waals surface area contributed by atoms with Gasteiger partial charge in [-0.2, -0.15) is 0 Å². The van der Waals surface area contributed by atoms with E-state index in [1.165, 1.54) is 0 Å². The van der Waals surface area contributed by atoms with Gasteiger partial charge in [-0.25, -0.2) is 0 Å². The minimum atomic E-state index is -0.450. The molecule has 2 aromatic rings. The van der Waals surface area contributed by atoms with Crippen LogP contribution in [0.15, 0.2) is 46.9 Å². The Kier molecular flexibility index (Phi) is 7.47. The van der Waals surface area contributed by atoms with Crippen LogP contribution in [0.1, 0.15) is 12.0 Å². The van der Waals surface area contributed by atoms with E-state index in [1.54, 1.807) is 32.4 Å². The first-order chi connectivity index (χ1) is 12.5. The molecule has 26 heavy (non-hydrogen) atoms. The number of benzene rings is 2. The first-order valence-electron chi connectivity index (χ1n) is 7.93. The maximum Gasteiger partial charge on any atom is 0.306 e. The molecule has 138 valence electrons. The van der Waals surface area contributed by atoms with Crippen molar-refractivity contribution >= 4 is 33.5 Å². The van der Waals surface area contributed by atoms with E-state index in [1.807, 2.05) is 24.3 Å². The standard InChI is InChI=1S/C19H20BrNO5/c1-24-14-9-13(10-15(11-14)25-2)7-8-19(23)26-12-18(22)21-17-6-4-3-5-16(17)20/h3-6,9-11H,7-8,12H2,1-2H3,(H,21,22). The molecule has 0 unspecified atom stereocenters. The summed E-state index contributed by atoms with van der Waals surface area (Å²) in [5, 5.41) is 2.67. The molecule has 0 atom stereocenters. The molecular formula is C19H20BrNO5. The maximum atomic E-state index is 11.9. The summed E-state index contributed by atoms with van der Waals surface area (Å²) >= 11 is 3.34. The third-order valence-corrected chi connectivity index (χ3v) is 4.23. The number of nitrogens with one attached hydrogen (secondary N) is 1. The van der Waals surface area contributed by atoms with Crippen molar-refractivity contribution < 1.29 is 23.8 Å². The molecule has 0 saturated carbocycles. The van der Waals surface area contributed by atoms with Crippen LogP contribution in [-0.2, 0) is 20.7 Å². The molecule has 0 aliphatic carbocycles. The molecule has 0 fully saturated rings. The van der Waals surface area contributed by atoms with Crippen LogP contribution in [-0.4, -0.2) is 32.7 Å². The van der Waals surface area contributed by atoms with E-state index in [9.17, 15) is 9.59 Å². The fraction of sp³-hybridized carbons (Fsp3) is 0.263. The summed E-state index contributed by atoms with van der Waals surface area (Å²) in [5.74, 6) is 0.462. The number of aryl methyl sites for hydroxylation is 1. The summed E-state index contributed by atoms with van der Waals surface area (Å²) in [6.45, 7) is -0.332. The van der Waals surface area contributed by atoms with Crippen LogP contribution in [0.4, 0.5) is 5.69 Å². The second-order valence-electron chi connectivity index (χ2n) is 5.41. The van der Waals surface area contributed by atoms with Crippen molar-refractivity contribution in [1.29, 1.82) is 0 Å². The third kappa shape index (κ3) is 6.07. The number of hydrogen-bond donors (Lipinski definition) is 1. The van der Waals surface area contributed by atoms with E-state index in [0.717, 1.165) is 10.0 Å². The first-order valence-corrected chi connectivity index (χ1v) is 8.73. The summed E-state index contributed by atoms with van der Waals surface area (Å²) in [5.41, 5.74) is 1.51. The van der Waals surface area contributed by atoms with Crippen LogP contribution >= 0.6 is 15.9 Å². The summed E-state index contributed by atoms with van der Waals surface area (Å²) in [6.07, 6.45) is 0.608. The number of rotatable bonds is 8. The average Bonchev–Trinajstić information content (AvgIpc) is 2.66. The Labute approximate surface area is 160 Å². The average molecular weight is 422 g/mol. The van der Waals surface area contributed by atoms with Crippen molar-refractivity contribution in [3.05, 3.63) is 52.5 Å². The predicted octanol–water partition coefficient (Wildman–Crippen LogP) is 3.58. The topological polar surface area (TPSA) is 73.9 Å². The third-order valence-electron chi connectivity index (χ3n) is 3.54. The van der Waals surface area contributed by atoms with Gasteiger partial charge >= 0.3 is 5.97 Å². The van der Waals surface area contributed by atoms with E-state index in [4.69, 9.17) is 14.2 Å². The lowest BCUT2D eigenvalue weighted by Gasteiger charge is -2.09. The fourth-order valence-corrected chi connectivity index (χ4v) is 2.61. The Bertz CT molecular complexity index is 756. The van der Waals surface area contributed by atoms with Gasteiger partial charge in [-0.3, -0.25) is 9.59 Å². The van der Waals surface area contributed by atoms with Crippen molar-refractivity contribution in [1.82, 2.24) is 0 Å². The number of anilines is 1. The lowest BCUT2D eigenvalue weighted by atomic mass is 10.1. The minimum Gasteiger partial charge on any atom is -0.497 e. The molecule has 0 aliphatic rings. The van der Waals surface area contributed by atoms with Crippen molar-refractivity contribution in [2.45, 2.75) is 12.8 Å². The Morgan fingerprint density at radius 1 is 1.04 bits per heavy atom. The van der Waals surface area contributed by atoms with Gasteiger partial charge < -0.3 is 19.5 Å². The van der Waals surface area contributed by atoms with Gasteiger partial charge in [0.1, 0.15) is 11.5 Å². The number of ether oxygens (including phenoxy) is 3. The Balaban J connectivity index is 1.80. The smallest absolute Gasteiger partial charge is 0.306 e. The van der Waals surface area contributed by atoms with Crippen LogP contribution < -0.4 is 14.8 Å². The SMILES string of the molecule is COc1cc(CCC(=O)OCC(=O)Nc2ccccc2Br)cc(OC)c1. The number of halogens is 1. The maximum absolute atomic E-state index is 11.9. The van der Waals surface area contributed by atoms with Crippen molar-refractivity contribution in [3.63, 3.8) is 0 Å². The zero-order valence-electron chi connectivity index (χ0n) is 14.6. The lowest BCUT2D eigenvalue weighted by Crippen LogP contribution is -2.21. The molecule has 0 aromatic heterocycles. The van der Waals surface area contributed by atoms with Crippen molar-refractivity contribution in [2.75, 3.05) is 26.1 Å². The minimum absolute atomic E-state index is 0.151. The van der Waals surface area contributed by atoms with Gasteiger partial charge in [0.25, 0.3) is 5.91 Å². The highest BCUT2D eigenvalue weighted by Gasteiger charge is 2.10. The molecule has 2 aromatic carbocycles. The Hall–Kier alpha value is -2.54. The molecule has 0 heterocycles. The number of carbonyl (C=O) groups is 2. The molecule has 1 N–H and O–H groups in total. The van der Waals surface area contributed by atoms with Crippen LogP contribution in [0, 0.1) is 0 Å². The number of para-hydroxylation sites is 1. The van der Waals surface area contributed by atoms with Crippen molar-refractivity contribution in [2.24, 2.45) is 0 Å². The van der Waals surface area contributed by atoms with E-state index in [0.29, 0.717) is 23.6 Å². The number of esters is 1. The summed E-state index contributed by atoms with van der Waals surface area (Å²) in [7, 11) is 3.13. The largest absolute Gasteiger partial charge is 0.497 e. The lowest BCUT2D eigenvalue weighted by molar-refractivity contribution is -0.147. The zero-order chi connectivity index (χ0) is 18.9. The molecule has 0 radical (unpaired) electrons. The Morgan fingerprint density at radius 3 is 2.31 bits per heavy atom. The number of methoxy groups -OCH3 is 2. The molecule has 0 saturated heterocycles. The number of hydrogen-bond acceptors (Lipinski definition) is 5. The van der Waals surface area contributed by atoms with Gasteiger partial charge in [-0.1, -0.05) is 12.1 Å². The predicted molar refractivity (Wildman–Crippen MR) is 102 cm³/mol. The van der Waals surface area contributed by atoms with Gasteiger partial charge in [0.2, 0.25) is 0 Å². The molecular weight excluding hydrogens is 402 g/mol. The van der Waals surface area contributed by atoms with E-state index < -0.39 is 11.9 Å². The normalized spacial score (nSPS) is 10.1. The van der Waals surface area contributed by atoms with Gasteiger partial charge in [-0.05, 0) is 52.2 Å². The number of carbonyl (C=O) groups excluding carboxylic acids is 2. The molecule has 6 nitrogen and oxygen atoms in total. The molecule has 1 amide bonds. The van der Waals surface area contributed by atoms with Crippen LogP contribution in [0.25, 0.3) is 0 Å². The van der Waals surface area contributed by atoms with Gasteiger partial charge in [-0.15, -0.1) is 0 Å². The summed E-state index contributed by atoms with van der Waals surface area (Å²) in [6, 6.07) is 12.6. The Morgan fingerprint density at radius 2 is 1.69 bits per heavy atom. The van der Waals surface area contributed by atoms with Crippen LogP contribution in [0.5, 0.6) is 11.5 Å². The van der Waals surface area contributed by atoms with E-state index >= 15 is 0 Å². The fourth-order valence-electron chi connectivity index (χ4n) is 2.22. The quantitative estimate of drug-likeness (QED) is 0.659. The van der Waals surface area contributed by atoms with E-state index in [-0.39, 0.29) is 13.0 Å². The summed E-state index contributed by atoms with van der Waals surface area (Å²) in [4.78, 5) is 23.7. The number of amides is 1. The summed E-state index contributed by atoms with van der Waals surface area (Å²) < 4.78 is 16.2. The second-order valence-corrected chi connectivity index (χ2v) is 6.26. The molecule has 0 bridgehead atoms. The van der Waals surface area contributed by atoms with Gasteiger partial charge in [0.15, 0.2) is 6.61 Å². The highest BCUT2D eigenvalue weighted by Crippen LogP contribution is 2.23. The highest BCUT2D eigenvalue weighted by molar-refractivity contribution is 9.10. The van der Waals surface area contributed by atoms with Crippen LogP contribution in [0.2, 0.25) is 0 Å². The monoisotopic (exact) mass is 421 g/mol. The highest BCUT2D eigenvalue weighted by atomic mass is 79.9.